The second-order valence-electron chi connectivity index (χ2n) is 8.59. The first-order chi connectivity index (χ1) is 15.0. The summed E-state index contributed by atoms with van der Waals surface area (Å²) in [4.78, 5) is 9.31. The molecule has 0 aliphatic heterocycles. The highest BCUT2D eigenvalue weighted by Gasteiger charge is 2.45. The van der Waals surface area contributed by atoms with Gasteiger partial charge in [0.2, 0.25) is 0 Å². The van der Waals surface area contributed by atoms with Crippen molar-refractivity contribution in [3.05, 3.63) is 42.2 Å². The Morgan fingerprint density at radius 3 is 2.65 bits per heavy atom. The lowest BCUT2D eigenvalue weighted by Gasteiger charge is -2.15. The summed E-state index contributed by atoms with van der Waals surface area (Å²) < 4.78 is 5.49. The van der Waals surface area contributed by atoms with Crippen molar-refractivity contribution in [3.63, 3.8) is 0 Å². The SMILES string of the molecule is CC(C)C1CC1C(CC#N)n1cc(-c2nc(-c3cnn(C)c3)cc3ncc(Cl)n23)cn1. The standard InChI is InChI=1S/C22H23ClN8/c1-13(2)16-6-17(16)19(4-5-24)30-12-15(9-27-30)22-28-18(14-8-26-29(3)11-14)7-21-25-10-20(23)31(21)22/h7-13,16-17,19H,4,6H2,1-3H3. The van der Waals surface area contributed by atoms with Crippen LogP contribution in [0.3, 0.4) is 0 Å². The molecule has 9 heteroatoms. The molecule has 0 spiro atoms. The van der Waals surface area contributed by atoms with Gasteiger partial charge in [0.15, 0.2) is 5.82 Å². The summed E-state index contributed by atoms with van der Waals surface area (Å²) >= 11 is 6.44. The Morgan fingerprint density at radius 2 is 1.97 bits per heavy atom. The number of aryl methyl sites for hydroxylation is 1. The van der Waals surface area contributed by atoms with Crippen molar-refractivity contribution in [1.29, 1.82) is 5.26 Å². The lowest BCUT2D eigenvalue weighted by atomic mass is 10.0. The molecule has 3 atom stereocenters. The van der Waals surface area contributed by atoms with Crippen LogP contribution >= 0.6 is 11.6 Å². The molecule has 31 heavy (non-hydrogen) atoms. The highest BCUT2D eigenvalue weighted by Crippen LogP contribution is 2.51. The van der Waals surface area contributed by atoms with Crippen LogP contribution in [0.5, 0.6) is 0 Å². The number of imidazole rings is 1. The van der Waals surface area contributed by atoms with E-state index in [0.29, 0.717) is 40.8 Å². The Labute approximate surface area is 185 Å². The van der Waals surface area contributed by atoms with E-state index in [1.165, 1.54) is 0 Å². The molecule has 1 saturated carbocycles. The van der Waals surface area contributed by atoms with Crippen molar-refractivity contribution in [1.82, 2.24) is 33.9 Å². The largest absolute Gasteiger partial charge is 0.275 e. The Kier molecular flexibility index (Phi) is 4.78. The van der Waals surface area contributed by atoms with E-state index in [2.05, 4.69) is 35.1 Å². The fourth-order valence-corrected chi connectivity index (χ4v) is 4.70. The molecule has 4 aromatic heterocycles. The van der Waals surface area contributed by atoms with Gasteiger partial charge in [-0.1, -0.05) is 25.4 Å². The number of aromatic nitrogens is 7. The van der Waals surface area contributed by atoms with Crippen LogP contribution in [-0.2, 0) is 7.05 Å². The maximum Gasteiger partial charge on any atom is 0.150 e. The molecule has 0 N–H and O–H groups in total. The minimum atomic E-state index is 0.0707. The molecule has 5 rings (SSSR count). The van der Waals surface area contributed by atoms with Gasteiger partial charge < -0.3 is 0 Å². The molecule has 0 amide bonds. The fourth-order valence-electron chi connectivity index (χ4n) is 4.48. The predicted molar refractivity (Wildman–Crippen MR) is 117 cm³/mol. The third kappa shape index (κ3) is 3.49. The zero-order valence-electron chi connectivity index (χ0n) is 17.6. The van der Waals surface area contributed by atoms with Crippen molar-refractivity contribution in [2.24, 2.45) is 24.8 Å². The topological polar surface area (TPSA) is 89.6 Å². The minimum Gasteiger partial charge on any atom is -0.275 e. The zero-order chi connectivity index (χ0) is 21.7. The minimum absolute atomic E-state index is 0.0707. The molecule has 0 saturated heterocycles. The van der Waals surface area contributed by atoms with Crippen LogP contribution < -0.4 is 0 Å². The number of nitrogens with zero attached hydrogens (tertiary/aromatic N) is 8. The summed E-state index contributed by atoms with van der Waals surface area (Å²) in [6, 6.07) is 4.31. The van der Waals surface area contributed by atoms with E-state index in [1.54, 1.807) is 23.3 Å². The van der Waals surface area contributed by atoms with Gasteiger partial charge in [-0.3, -0.25) is 13.8 Å². The molecule has 1 aliphatic rings. The molecule has 0 bridgehead atoms. The number of hydrogen-bond donors (Lipinski definition) is 0. The van der Waals surface area contributed by atoms with Crippen LogP contribution in [0.1, 0.15) is 32.7 Å². The van der Waals surface area contributed by atoms with Crippen LogP contribution in [0, 0.1) is 29.1 Å². The Balaban J connectivity index is 1.58. The molecule has 1 aliphatic carbocycles. The van der Waals surface area contributed by atoms with Crippen LogP contribution in [-0.4, -0.2) is 33.9 Å². The Morgan fingerprint density at radius 1 is 1.16 bits per heavy atom. The van der Waals surface area contributed by atoms with E-state index in [9.17, 15) is 5.26 Å². The second-order valence-corrected chi connectivity index (χ2v) is 8.98. The van der Waals surface area contributed by atoms with Crippen LogP contribution in [0.4, 0.5) is 0 Å². The van der Waals surface area contributed by atoms with Gasteiger partial charge in [-0.2, -0.15) is 15.5 Å². The van der Waals surface area contributed by atoms with Gasteiger partial charge >= 0.3 is 0 Å². The lowest BCUT2D eigenvalue weighted by molar-refractivity contribution is 0.368. The summed E-state index contributed by atoms with van der Waals surface area (Å²) in [6.07, 6.45) is 10.7. The maximum absolute atomic E-state index is 9.40. The Bertz CT molecular complexity index is 1290. The zero-order valence-corrected chi connectivity index (χ0v) is 18.4. The molecule has 4 aromatic rings. The predicted octanol–water partition coefficient (Wildman–Crippen LogP) is 4.39. The first-order valence-corrected chi connectivity index (χ1v) is 10.8. The molecular weight excluding hydrogens is 412 g/mol. The lowest BCUT2D eigenvalue weighted by Crippen LogP contribution is -2.13. The molecule has 0 radical (unpaired) electrons. The third-order valence-electron chi connectivity index (χ3n) is 6.19. The van der Waals surface area contributed by atoms with Crippen molar-refractivity contribution in [2.45, 2.75) is 32.7 Å². The van der Waals surface area contributed by atoms with Crippen LogP contribution in [0.2, 0.25) is 5.15 Å². The van der Waals surface area contributed by atoms with Gasteiger partial charge in [-0.05, 0) is 24.2 Å². The van der Waals surface area contributed by atoms with E-state index < -0.39 is 0 Å². The van der Waals surface area contributed by atoms with Crippen molar-refractivity contribution >= 4 is 17.2 Å². The molecule has 1 fully saturated rings. The number of nitriles is 1. The van der Waals surface area contributed by atoms with Gasteiger partial charge in [0.25, 0.3) is 0 Å². The molecular formula is C22H23ClN8. The van der Waals surface area contributed by atoms with E-state index >= 15 is 0 Å². The van der Waals surface area contributed by atoms with E-state index in [-0.39, 0.29) is 6.04 Å². The summed E-state index contributed by atoms with van der Waals surface area (Å²) in [6.45, 7) is 4.49. The number of rotatable bonds is 6. The number of hydrogen-bond acceptors (Lipinski definition) is 5. The van der Waals surface area contributed by atoms with Crippen molar-refractivity contribution in [2.75, 3.05) is 0 Å². The van der Waals surface area contributed by atoms with Gasteiger partial charge in [0, 0.05) is 31.1 Å². The summed E-state index contributed by atoms with van der Waals surface area (Å²) in [5.74, 6) is 2.41. The average molecular weight is 435 g/mol. The van der Waals surface area contributed by atoms with Gasteiger partial charge in [0.05, 0.1) is 48.4 Å². The maximum atomic E-state index is 9.40. The highest BCUT2D eigenvalue weighted by atomic mass is 35.5. The normalized spacial score (nSPS) is 19.1. The van der Waals surface area contributed by atoms with Crippen molar-refractivity contribution in [3.8, 4) is 28.7 Å². The molecule has 3 unspecified atom stereocenters. The Hall–Kier alpha value is -3.18. The monoisotopic (exact) mass is 434 g/mol. The second kappa shape index (κ2) is 7.50. The highest BCUT2D eigenvalue weighted by molar-refractivity contribution is 6.30. The molecule has 158 valence electrons. The fraction of sp³-hybridized carbons (Fsp3) is 0.409. The number of fused-ring (bicyclic) bond motifs is 1. The van der Waals surface area contributed by atoms with E-state index in [1.807, 2.05) is 34.6 Å². The van der Waals surface area contributed by atoms with E-state index in [4.69, 9.17) is 16.6 Å². The summed E-state index contributed by atoms with van der Waals surface area (Å²) in [5.41, 5.74) is 3.21. The van der Waals surface area contributed by atoms with Gasteiger partial charge in [-0.15, -0.1) is 0 Å². The van der Waals surface area contributed by atoms with Crippen molar-refractivity contribution < 1.29 is 0 Å². The third-order valence-corrected chi connectivity index (χ3v) is 6.46. The number of halogens is 1. The smallest absolute Gasteiger partial charge is 0.150 e. The summed E-state index contributed by atoms with van der Waals surface area (Å²) in [5, 5.41) is 18.8. The van der Waals surface area contributed by atoms with Crippen LogP contribution in [0.25, 0.3) is 28.3 Å². The van der Waals surface area contributed by atoms with E-state index in [0.717, 1.165) is 23.2 Å². The molecule has 0 aromatic carbocycles. The summed E-state index contributed by atoms with van der Waals surface area (Å²) in [7, 11) is 1.87. The first kappa shape index (κ1) is 19.8. The van der Waals surface area contributed by atoms with Crippen LogP contribution in [0.15, 0.2) is 37.1 Å². The molecule has 8 nitrogen and oxygen atoms in total. The van der Waals surface area contributed by atoms with Gasteiger partial charge in [-0.25, -0.2) is 9.97 Å². The first-order valence-electron chi connectivity index (χ1n) is 10.4. The van der Waals surface area contributed by atoms with Gasteiger partial charge in [0.1, 0.15) is 10.8 Å². The quantitative estimate of drug-likeness (QED) is 0.448. The average Bonchev–Trinajstić information content (AvgIpc) is 3.04. The molecule has 4 heterocycles.